The summed E-state index contributed by atoms with van der Waals surface area (Å²) < 4.78 is 0. The van der Waals surface area contributed by atoms with Crippen LogP contribution in [-0.2, 0) is 0 Å². The minimum Gasteiger partial charge on any atom is -0.134 e. The van der Waals surface area contributed by atoms with E-state index in [2.05, 4.69) is 62.9 Å². The van der Waals surface area contributed by atoms with Gasteiger partial charge in [0, 0.05) is 0 Å². The van der Waals surface area contributed by atoms with E-state index in [0.29, 0.717) is 10.8 Å². The maximum Gasteiger partial charge on any atom is -0.0200 e. The third-order valence-corrected chi connectivity index (χ3v) is 3.04. The summed E-state index contributed by atoms with van der Waals surface area (Å²) >= 11 is 0. The van der Waals surface area contributed by atoms with Gasteiger partial charge in [-0.2, -0.15) is 0 Å². The molecule has 0 saturated heterocycles. The van der Waals surface area contributed by atoms with Gasteiger partial charge in [0.15, 0.2) is 0 Å². The molecule has 0 bridgehead atoms. The summed E-state index contributed by atoms with van der Waals surface area (Å²) in [6.07, 6.45) is 6.84. The lowest BCUT2D eigenvalue weighted by molar-refractivity contribution is 0.105. The Morgan fingerprint density at radius 1 is 0.929 bits per heavy atom. The van der Waals surface area contributed by atoms with E-state index in [-0.39, 0.29) is 0 Å². The molecule has 0 heterocycles. The van der Waals surface area contributed by atoms with Gasteiger partial charge in [-0.05, 0) is 29.3 Å². The highest BCUT2D eigenvalue weighted by molar-refractivity contribution is 7.16. The van der Waals surface area contributed by atoms with Gasteiger partial charge in [0.1, 0.15) is 0 Å². The third-order valence-electron chi connectivity index (χ3n) is 2.77. The Morgan fingerprint density at radius 3 is 1.64 bits per heavy atom. The molecule has 0 rings (SSSR count). The molecule has 0 spiro atoms. The molecular formula is C13H27P. The van der Waals surface area contributed by atoms with Crippen LogP contribution in [0.15, 0.2) is 12.2 Å². The van der Waals surface area contributed by atoms with Gasteiger partial charge in [-0.3, -0.25) is 0 Å². The topological polar surface area (TPSA) is 0 Å². The zero-order chi connectivity index (χ0) is 11.4. The molecule has 0 N–H and O–H groups in total. The molecule has 84 valence electrons. The van der Waals surface area contributed by atoms with Crippen LogP contribution in [0, 0.1) is 16.7 Å². The highest BCUT2D eigenvalue weighted by Crippen LogP contribution is 2.42. The summed E-state index contributed by atoms with van der Waals surface area (Å²) in [6, 6.07) is 0. The monoisotopic (exact) mass is 214 g/mol. The van der Waals surface area contributed by atoms with E-state index >= 15 is 0 Å². The summed E-state index contributed by atoms with van der Waals surface area (Å²) in [5, 5.41) is 0. The van der Waals surface area contributed by atoms with E-state index in [4.69, 9.17) is 0 Å². The molecule has 0 radical (unpaired) electrons. The number of hydrogen-bond donors (Lipinski definition) is 0. The van der Waals surface area contributed by atoms with Crippen LogP contribution in [0.5, 0.6) is 0 Å². The van der Waals surface area contributed by atoms with Gasteiger partial charge in [-0.1, -0.05) is 53.7 Å². The quantitative estimate of drug-likeness (QED) is 0.479. The molecule has 0 nitrogen and oxygen atoms in total. The molecule has 14 heavy (non-hydrogen) atoms. The van der Waals surface area contributed by atoms with E-state index < -0.39 is 0 Å². The van der Waals surface area contributed by atoms with Crippen molar-refractivity contribution in [1.82, 2.24) is 0 Å². The normalized spacial score (nSPS) is 14.3. The number of rotatable bonds is 3. The minimum atomic E-state index is 0.392. The standard InChI is InChI=1S/C13H27P/c1-12(2,3)11(13(4,5)6)9-7-8-10-14/h7-8,11H,9-10,14H2,1-6H3. The van der Waals surface area contributed by atoms with Crippen LogP contribution in [0.3, 0.4) is 0 Å². The molecule has 0 aliphatic rings. The molecule has 1 atom stereocenters. The molecule has 0 saturated carbocycles. The fourth-order valence-corrected chi connectivity index (χ4v) is 2.53. The van der Waals surface area contributed by atoms with Gasteiger partial charge in [0.2, 0.25) is 0 Å². The van der Waals surface area contributed by atoms with Crippen LogP contribution in [0.1, 0.15) is 48.0 Å². The molecule has 0 aromatic carbocycles. The SMILES string of the molecule is CC(C)(C)C(CC=CCP)C(C)(C)C. The van der Waals surface area contributed by atoms with Gasteiger partial charge in [0.25, 0.3) is 0 Å². The lowest BCUT2D eigenvalue weighted by Crippen LogP contribution is -2.32. The Morgan fingerprint density at radius 2 is 1.36 bits per heavy atom. The summed E-state index contributed by atoms with van der Waals surface area (Å²) in [5.41, 5.74) is 0.785. The smallest absolute Gasteiger partial charge is 0.0200 e. The van der Waals surface area contributed by atoms with E-state index in [0.717, 1.165) is 12.1 Å². The van der Waals surface area contributed by atoms with Gasteiger partial charge >= 0.3 is 0 Å². The van der Waals surface area contributed by atoms with Crippen LogP contribution >= 0.6 is 9.24 Å². The first-order valence-corrected chi connectivity index (χ1v) is 6.36. The van der Waals surface area contributed by atoms with E-state index in [9.17, 15) is 0 Å². The molecule has 0 fully saturated rings. The first-order chi connectivity index (χ1) is 6.19. The van der Waals surface area contributed by atoms with Crippen molar-refractivity contribution in [3.63, 3.8) is 0 Å². The van der Waals surface area contributed by atoms with Crippen molar-refractivity contribution in [2.45, 2.75) is 48.0 Å². The lowest BCUT2D eigenvalue weighted by atomic mass is 9.65. The zero-order valence-electron chi connectivity index (χ0n) is 10.7. The highest BCUT2D eigenvalue weighted by Gasteiger charge is 2.33. The Hall–Kier alpha value is 0.170. The second-order valence-electron chi connectivity index (χ2n) is 6.23. The predicted octanol–water partition coefficient (Wildman–Crippen LogP) is 4.52. The second-order valence-corrected chi connectivity index (χ2v) is 6.70. The maximum atomic E-state index is 2.74. The fourth-order valence-electron chi connectivity index (χ4n) is 2.33. The molecule has 0 aromatic heterocycles. The Balaban J connectivity index is 4.51. The Bertz CT molecular complexity index is 164. The van der Waals surface area contributed by atoms with Crippen molar-refractivity contribution in [2.24, 2.45) is 16.7 Å². The lowest BCUT2D eigenvalue weighted by Gasteiger charge is -2.40. The summed E-state index contributed by atoms with van der Waals surface area (Å²) in [6.45, 7) is 14.1. The average Bonchev–Trinajstić information content (AvgIpc) is 1.92. The van der Waals surface area contributed by atoms with Crippen molar-refractivity contribution < 1.29 is 0 Å². The van der Waals surface area contributed by atoms with E-state index in [1.807, 2.05) is 0 Å². The largest absolute Gasteiger partial charge is 0.134 e. The first-order valence-electron chi connectivity index (χ1n) is 5.54. The molecule has 0 aliphatic heterocycles. The summed E-state index contributed by atoms with van der Waals surface area (Å²) in [5.74, 6) is 0.739. The molecule has 1 heteroatoms. The van der Waals surface area contributed by atoms with Crippen molar-refractivity contribution in [3.05, 3.63) is 12.2 Å². The van der Waals surface area contributed by atoms with Crippen molar-refractivity contribution in [3.8, 4) is 0 Å². The number of allylic oxidation sites excluding steroid dienone is 2. The molecular weight excluding hydrogens is 187 g/mol. The van der Waals surface area contributed by atoms with Gasteiger partial charge < -0.3 is 0 Å². The van der Waals surface area contributed by atoms with Crippen LogP contribution in [-0.4, -0.2) is 6.16 Å². The fraction of sp³-hybridized carbons (Fsp3) is 0.846. The van der Waals surface area contributed by atoms with Crippen LogP contribution in [0.4, 0.5) is 0 Å². The first kappa shape index (κ1) is 14.2. The van der Waals surface area contributed by atoms with Gasteiger partial charge in [-0.15, -0.1) is 9.24 Å². The van der Waals surface area contributed by atoms with E-state index in [1.54, 1.807) is 0 Å². The third kappa shape index (κ3) is 5.15. The maximum absolute atomic E-state index is 2.74. The Labute approximate surface area is 92.8 Å². The second kappa shape index (κ2) is 5.31. The zero-order valence-corrected chi connectivity index (χ0v) is 11.9. The van der Waals surface area contributed by atoms with Gasteiger partial charge in [-0.25, -0.2) is 0 Å². The highest BCUT2D eigenvalue weighted by atomic mass is 31.0. The minimum absolute atomic E-state index is 0.392. The molecule has 0 amide bonds. The van der Waals surface area contributed by atoms with Gasteiger partial charge in [0.05, 0.1) is 0 Å². The van der Waals surface area contributed by atoms with Crippen LogP contribution in [0.2, 0.25) is 0 Å². The van der Waals surface area contributed by atoms with E-state index in [1.165, 1.54) is 6.42 Å². The Kier molecular flexibility index (Phi) is 5.37. The van der Waals surface area contributed by atoms with Crippen LogP contribution in [0.25, 0.3) is 0 Å². The molecule has 0 aromatic rings. The summed E-state index contributed by atoms with van der Waals surface area (Å²) in [4.78, 5) is 0. The molecule has 1 unspecified atom stereocenters. The summed E-state index contributed by atoms with van der Waals surface area (Å²) in [7, 11) is 2.74. The number of hydrogen-bond acceptors (Lipinski definition) is 0. The van der Waals surface area contributed by atoms with Crippen LogP contribution < -0.4 is 0 Å². The average molecular weight is 214 g/mol. The molecule has 0 aliphatic carbocycles. The van der Waals surface area contributed by atoms with Crippen molar-refractivity contribution in [2.75, 3.05) is 6.16 Å². The van der Waals surface area contributed by atoms with Crippen molar-refractivity contribution in [1.29, 1.82) is 0 Å². The van der Waals surface area contributed by atoms with Crippen molar-refractivity contribution >= 4 is 9.24 Å². The predicted molar refractivity (Wildman–Crippen MR) is 70.7 cm³/mol.